The van der Waals surface area contributed by atoms with Crippen LogP contribution < -0.4 is 15.4 Å². The van der Waals surface area contributed by atoms with Crippen molar-refractivity contribution in [3.63, 3.8) is 0 Å². The lowest BCUT2D eigenvalue weighted by Gasteiger charge is -2.26. The number of ether oxygens (including phenoxy) is 1. The SMILES string of the molecule is CN1C(=O)COc2c(N)cc(F)cc21. The van der Waals surface area contributed by atoms with Crippen LogP contribution in [0.5, 0.6) is 5.75 Å². The summed E-state index contributed by atoms with van der Waals surface area (Å²) in [7, 11) is 1.56. The Morgan fingerprint density at radius 3 is 3.00 bits per heavy atom. The second kappa shape index (κ2) is 2.87. The van der Waals surface area contributed by atoms with E-state index in [0.717, 1.165) is 0 Å². The van der Waals surface area contributed by atoms with Gasteiger partial charge in [-0.2, -0.15) is 0 Å². The molecule has 0 fully saturated rings. The van der Waals surface area contributed by atoms with Crippen LogP contribution in [-0.2, 0) is 4.79 Å². The topological polar surface area (TPSA) is 55.6 Å². The summed E-state index contributed by atoms with van der Waals surface area (Å²) in [6.07, 6.45) is 0. The van der Waals surface area contributed by atoms with E-state index in [1.165, 1.54) is 17.0 Å². The molecule has 5 heteroatoms. The fourth-order valence-corrected chi connectivity index (χ4v) is 1.37. The molecular weight excluding hydrogens is 187 g/mol. The van der Waals surface area contributed by atoms with Crippen LogP contribution in [0.15, 0.2) is 12.1 Å². The van der Waals surface area contributed by atoms with E-state index >= 15 is 0 Å². The standard InChI is InChI=1S/C9H9FN2O2/c1-12-7-3-5(10)2-6(11)9(7)14-4-8(12)13/h2-3H,4,11H2,1H3. The number of fused-ring (bicyclic) bond motifs is 1. The summed E-state index contributed by atoms with van der Waals surface area (Å²) in [4.78, 5) is 12.5. The van der Waals surface area contributed by atoms with Gasteiger partial charge in [0.1, 0.15) is 5.82 Å². The third kappa shape index (κ3) is 1.17. The molecule has 0 unspecified atom stereocenters. The zero-order valence-corrected chi connectivity index (χ0v) is 7.58. The quantitative estimate of drug-likeness (QED) is 0.623. The van der Waals surface area contributed by atoms with E-state index in [2.05, 4.69) is 0 Å². The van der Waals surface area contributed by atoms with Crippen LogP contribution in [0.2, 0.25) is 0 Å². The summed E-state index contributed by atoms with van der Waals surface area (Å²) < 4.78 is 18.1. The molecule has 1 heterocycles. The minimum atomic E-state index is -0.480. The van der Waals surface area contributed by atoms with E-state index in [-0.39, 0.29) is 18.2 Å². The zero-order valence-electron chi connectivity index (χ0n) is 7.58. The van der Waals surface area contributed by atoms with Gasteiger partial charge in [-0.05, 0) is 0 Å². The van der Waals surface area contributed by atoms with E-state index in [1.807, 2.05) is 0 Å². The van der Waals surface area contributed by atoms with E-state index in [9.17, 15) is 9.18 Å². The van der Waals surface area contributed by atoms with Gasteiger partial charge in [-0.15, -0.1) is 0 Å². The number of nitrogens with zero attached hydrogens (tertiary/aromatic N) is 1. The third-order valence-corrected chi connectivity index (χ3v) is 2.14. The molecule has 0 bridgehead atoms. The van der Waals surface area contributed by atoms with Crippen molar-refractivity contribution in [1.82, 2.24) is 0 Å². The smallest absolute Gasteiger partial charge is 0.264 e. The number of hydrogen-bond donors (Lipinski definition) is 1. The molecule has 1 amide bonds. The molecule has 0 radical (unpaired) electrons. The van der Waals surface area contributed by atoms with Crippen molar-refractivity contribution in [2.75, 3.05) is 24.3 Å². The zero-order chi connectivity index (χ0) is 10.3. The molecule has 0 spiro atoms. The molecule has 2 N–H and O–H groups in total. The highest BCUT2D eigenvalue weighted by molar-refractivity contribution is 5.98. The van der Waals surface area contributed by atoms with Crippen LogP contribution in [0.3, 0.4) is 0 Å². The number of rotatable bonds is 0. The number of carbonyl (C=O) groups is 1. The van der Waals surface area contributed by atoms with Crippen LogP contribution in [0.1, 0.15) is 0 Å². The first-order valence-corrected chi connectivity index (χ1v) is 4.08. The molecule has 74 valence electrons. The average molecular weight is 196 g/mol. The van der Waals surface area contributed by atoms with Crippen molar-refractivity contribution in [3.05, 3.63) is 17.9 Å². The van der Waals surface area contributed by atoms with Gasteiger partial charge < -0.3 is 15.4 Å². The van der Waals surface area contributed by atoms with Crippen LogP contribution in [-0.4, -0.2) is 19.6 Å². The van der Waals surface area contributed by atoms with E-state index in [1.54, 1.807) is 7.05 Å². The van der Waals surface area contributed by atoms with Crippen LogP contribution in [0.4, 0.5) is 15.8 Å². The molecule has 0 aliphatic carbocycles. The number of anilines is 2. The predicted octanol–water partition coefficient (Wildman–Crippen LogP) is 0.763. The fourth-order valence-electron chi connectivity index (χ4n) is 1.37. The lowest BCUT2D eigenvalue weighted by molar-refractivity contribution is -0.120. The molecule has 1 aromatic rings. The molecule has 0 saturated carbocycles. The number of nitrogens with two attached hydrogens (primary N) is 1. The summed E-state index contributed by atoms with van der Waals surface area (Å²) in [5.74, 6) is -0.331. The number of carbonyl (C=O) groups excluding carboxylic acids is 1. The summed E-state index contributed by atoms with van der Waals surface area (Å²) >= 11 is 0. The second-order valence-corrected chi connectivity index (χ2v) is 3.08. The largest absolute Gasteiger partial charge is 0.479 e. The third-order valence-electron chi connectivity index (χ3n) is 2.14. The van der Waals surface area contributed by atoms with Crippen molar-refractivity contribution >= 4 is 17.3 Å². The Bertz CT molecular complexity index is 406. The monoisotopic (exact) mass is 196 g/mol. The van der Waals surface area contributed by atoms with Gasteiger partial charge in [0.15, 0.2) is 12.4 Å². The van der Waals surface area contributed by atoms with Crippen molar-refractivity contribution in [2.45, 2.75) is 0 Å². The molecule has 2 rings (SSSR count). The maximum absolute atomic E-state index is 13.0. The van der Waals surface area contributed by atoms with Gasteiger partial charge in [-0.1, -0.05) is 0 Å². The number of halogens is 1. The van der Waals surface area contributed by atoms with Crippen molar-refractivity contribution in [1.29, 1.82) is 0 Å². The minimum Gasteiger partial charge on any atom is -0.479 e. The van der Waals surface area contributed by atoms with Crippen molar-refractivity contribution in [2.24, 2.45) is 0 Å². The van der Waals surface area contributed by atoms with Crippen molar-refractivity contribution < 1.29 is 13.9 Å². The molecule has 0 aromatic heterocycles. The Kier molecular flexibility index (Phi) is 1.80. The molecule has 1 aliphatic rings. The molecular formula is C9H9FN2O2. The average Bonchev–Trinajstić information content (AvgIpc) is 2.12. The second-order valence-electron chi connectivity index (χ2n) is 3.08. The number of hydrogen-bond acceptors (Lipinski definition) is 3. The maximum atomic E-state index is 13.0. The van der Waals surface area contributed by atoms with E-state index < -0.39 is 5.82 Å². The number of likely N-dealkylation sites (N-methyl/N-ethyl adjacent to an activating group) is 1. The Hall–Kier alpha value is -1.78. The summed E-state index contributed by atoms with van der Waals surface area (Å²) in [6, 6.07) is 2.39. The maximum Gasteiger partial charge on any atom is 0.264 e. The van der Waals surface area contributed by atoms with Crippen LogP contribution in [0, 0.1) is 5.82 Å². The summed E-state index contributed by atoms with van der Waals surface area (Å²) in [5.41, 5.74) is 6.13. The first-order chi connectivity index (χ1) is 6.59. The lowest BCUT2D eigenvalue weighted by atomic mass is 10.2. The van der Waals surface area contributed by atoms with Crippen molar-refractivity contribution in [3.8, 4) is 5.75 Å². The molecule has 0 saturated heterocycles. The fraction of sp³-hybridized carbons (Fsp3) is 0.222. The minimum absolute atomic E-state index is 0.0562. The number of benzene rings is 1. The first kappa shape index (κ1) is 8.80. The highest BCUT2D eigenvalue weighted by Gasteiger charge is 2.24. The van der Waals surface area contributed by atoms with Gasteiger partial charge in [-0.25, -0.2) is 4.39 Å². The summed E-state index contributed by atoms with van der Waals surface area (Å²) in [5, 5.41) is 0. The van der Waals surface area contributed by atoms with Gasteiger partial charge in [-0.3, -0.25) is 4.79 Å². The lowest BCUT2D eigenvalue weighted by Crippen LogP contribution is -2.35. The van der Waals surface area contributed by atoms with Gasteiger partial charge in [0.05, 0.1) is 11.4 Å². The van der Waals surface area contributed by atoms with Gasteiger partial charge in [0, 0.05) is 19.2 Å². The molecule has 14 heavy (non-hydrogen) atoms. The molecule has 1 aromatic carbocycles. The Labute approximate surface area is 80.1 Å². The highest BCUT2D eigenvalue weighted by Crippen LogP contribution is 2.37. The number of amides is 1. The predicted molar refractivity (Wildman–Crippen MR) is 49.7 cm³/mol. The summed E-state index contributed by atoms with van der Waals surface area (Å²) in [6.45, 7) is -0.0562. The van der Waals surface area contributed by atoms with Gasteiger partial charge in [0.2, 0.25) is 0 Å². The van der Waals surface area contributed by atoms with E-state index in [4.69, 9.17) is 10.5 Å². The Morgan fingerprint density at radius 2 is 2.29 bits per heavy atom. The Morgan fingerprint density at radius 1 is 1.57 bits per heavy atom. The van der Waals surface area contributed by atoms with Gasteiger partial charge in [0.25, 0.3) is 5.91 Å². The normalized spacial score (nSPS) is 15.0. The molecule has 1 aliphatic heterocycles. The van der Waals surface area contributed by atoms with Crippen LogP contribution in [0.25, 0.3) is 0 Å². The molecule has 0 atom stereocenters. The first-order valence-electron chi connectivity index (χ1n) is 4.08. The highest BCUT2D eigenvalue weighted by atomic mass is 19.1. The Balaban J connectivity index is 2.59. The van der Waals surface area contributed by atoms with Gasteiger partial charge >= 0.3 is 0 Å². The number of nitrogen functional groups attached to an aromatic ring is 1. The molecule has 4 nitrogen and oxygen atoms in total. The van der Waals surface area contributed by atoms with Crippen LogP contribution >= 0.6 is 0 Å². The van der Waals surface area contributed by atoms with E-state index in [0.29, 0.717) is 11.4 Å².